The standard InChI is InChI=1S/C16H15N7/c1-3-12(7-13(4-1)9-23-6-2-5-22-23)8-17-15-14-16(19-10-18-14)21-11-20-15/h1-7,10-11H,8-9H2,(H2,17,18,19,20,21). The molecule has 2 N–H and O–H groups in total. The third-order valence-electron chi connectivity index (χ3n) is 3.58. The number of imidazole rings is 1. The maximum absolute atomic E-state index is 4.27. The van der Waals surface area contributed by atoms with Gasteiger partial charge in [0.2, 0.25) is 0 Å². The number of fused-ring (bicyclic) bond motifs is 1. The second-order valence-electron chi connectivity index (χ2n) is 5.20. The minimum absolute atomic E-state index is 0.662. The van der Waals surface area contributed by atoms with E-state index in [4.69, 9.17) is 0 Å². The Morgan fingerprint density at radius 3 is 2.96 bits per heavy atom. The van der Waals surface area contributed by atoms with Crippen LogP contribution in [0, 0.1) is 0 Å². The van der Waals surface area contributed by atoms with Crippen LogP contribution in [0.5, 0.6) is 0 Å². The van der Waals surface area contributed by atoms with Gasteiger partial charge in [-0.2, -0.15) is 5.10 Å². The number of nitrogens with one attached hydrogen (secondary N) is 2. The molecule has 0 saturated carbocycles. The lowest BCUT2D eigenvalue weighted by Gasteiger charge is -2.08. The normalized spacial score (nSPS) is 11.0. The first-order valence-corrected chi connectivity index (χ1v) is 7.32. The highest BCUT2D eigenvalue weighted by Crippen LogP contribution is 2.16. The van der Waals surface area contributed by atoms with Crippen LogP contribution in [0.25, 0.3) is 11.2 Å². The van der Waals surface area contributed by atoms with Crippen LogP contribution in [0.4, 0.5) is 5.82 Å². The van der Waals surface area contributed by atoms with Crippen molar-refractivity contribution in [2.75, 3.05) is 5.32 Å². The van der Waals surface area contributed by atoms with Crippen LogP contribution < -0.4 is 5.32 Å². The lowest BCUT2D eigenvalue weighted by atomic mass is 10.1. The summed E-state index contributed by atoms with van der Waals surface area (Å²) in [6.07, 6.45) is 6.88. The number of H-pyrrole nitrogens is 1. The van der Waals surface area contributed by atoms with E-state index in [0.717, 1.165) is 17.9 Å². The van der Waals surface area contributed by atoms with E-state index in [1.54, 1.807) is 12.5 Å². The minimum Gasteiger partial charge on any atom is -0.364 e. The van der Waals surface area contributed by atoms with E-state index in [1.165, 1.54) is 17.5 Å². The molecule has 0 radical (unpaired) electrons. The van der Waals surface area contributed by atoms with Crippen molar-refractivity contribution in [1.82, 2.24) is 29.7 Å². The molecule has 4 aromatic rings. The van der Waals surface area contributed by atoms with Gasteiger partial charge >= 0.3 is 0 Å². The quantitative estimate of drug-likeness (QED) is 0.590. The monoisotopic (exact) mass is 305 g/mol. The van der Waals surface area contributed by atoms with Crippen LogP contribution in [-0.2, 0) is 13.1 Å². The number of benzene rings is 1. The second-order valence-corrected chi connectivity index (χ2v) is 5.20. The third-order valence-corrected chi connectivity index (χ3v) is 3.58. The number of nitrogens with zero attached hydrogens (tertiary/aromatic N) is 5. The molecule has 1 aromatic carbocycles. The maximum Gasteiger partial charge on any atom is 0.182 e. The van der Waals surface area contributed by atoms with Crippen molar-refractivity contribution >= 4 is 17.0 Å². The zero-order valence-electron chi connectivity index (χ0n) is 12.3. The second kappa shape index (κ2) is 5.88. The molecule has 0 bridgehead atoms. The Kier molecular flexibility index (Phi) is 3.44. The van der Waals surface area contributed by atoms with Gasteiger partial charge in [-0.25, -0.2) is 15.0 Å². The molecule has 0 aliphatic rings. The van der Waals surface area contributed by atoms with Crippen LogP contribution in [0.15, 0.2) is 55.4 Å². The number of aromatic amines is 1. The molecule has 0 fully saturated rings. The smallest absolute Gasteiger partial charge is 0.182 e. The van der Waals surface area contributed by atoms with Crippen molar-refractivity contribution in [2.24, 2.45) is 0 Å². The van der Waals surface area contributed by atoms with Gasteiger partial charge < -0.3 is 10.3 Å². The molecule has 3 aromatic heterocycles. The molecule has 4 rings (SSSR count). The molecule has 0 unspecified atom stereocenters. The van der Waals surface area contributed by atoms with Gasteiger partial charge in [0.25, 0.3) is 0 Å². The number of hydrogen-bond acceptors (Lipinski definition) is 5. The molecule has 0 amide bonds. The van der Waals surface area contributed by atoms with Gasteiger partial charge in [0.15, 0.2) is 11.5 Å². The fourth-order valence-electron chi connectivity index (χ4n) is 2.50. The van der Waals surface area contributed by atoms with E-state index in [2.05, 4.69) is 54.6 Å². The van der Waals surface area contributed by atoms with E-state index in [1.807, 2.05) is 16.9 Å². The Morgan fingerprint density at radius 2 is 2.04 bits per heavy atom. The average molecular weight is 305 g/mol. The fraction of sp³-hybridized carbons (Fsp3) is 0.125. The Hall–Kier alpha value is -3.22. The summed E-state index contributed by atoms with van der Waals surface area (Å²) in [5, 5.41) is 7.57. The van der Waals surface area contributed by atoms with Crippen LogP contribution in [0.2, 0.25) is 0 Å². The van der Waals surface area contributed by atoms with E-state index in [0.29, 0.717) is 12.2 Å². The van der Waals surface area contributed by atoms with E-state index in [9.17, 15) is 0 Å². The van der Waals surface area contributed by atoms with Crippen LogP contribution in [0.1, 0.15) is 11.1 Å². The molecule has 23 heavy (non-hydrogen) atoms. The zero-order chi connectivity index (χ0) is 15.5. The Bertz CT molecular complexity index is 911. The molecular weight excluding hydrogens is 290 g/mol. The summed E-state index contributed by atoms with van der Waals surface area (Å²) >= 11 is 0. The summed E-state index contributed by atoms with van der Waals surface area (Å²) in [6.45, 7) is 1.44. The first-order valence-electron chi connectivity index (χ1n) is 7.32. The number of anilines is 1. The number of hydrogen-bond donors (Lipinski definition) is 2. The molecule has 0 spiro atoms. The molecule has 114 valence electrons. The highest BCUT2D eigenvalue weighted by atomic mass is 15.3. The van der Waals surface area contributed by atoms with Gasteiger partial charge in [0.05, 0.1) is 12.9 Å². The van der Waals surface area contributed by atoms with Crippen molar-refractivity contribution in [3.8, 4) is 0 Å². The lowest BCUT2D eigenvalue weighted by molar-refractivity contribution is 0.686. The number of aromatic nitrogens is 6. The van der Waals surface area contributed by atoms with Crippen molar-refractivity contribution < 1.29 is 0 Å². The Balaban J connectivity index is 1.49. The summed E-state index contributed by atoms with van der Waals surface area (Å²) in [5.41, 5.74) is 3.87. The summed E-state index contributed by atoms with van der Waals surface area (Å²) < 4.78 is 1.91. The maximum atomic E-state index is 4.27. The zero-order valence-corrected chi connectivity index (χ0v) is 12.3. The van der Waals surface area contributed by atoms with Crippen LogP contribution in [-0.4, -0.2) is 29.7 Å². The van der Waals surface area contributed by atoms with Crippen molar-refractivity contribution in [2.45, 2.75) is 13.1 Å². The van der Waals surface area contributed by atoms with Crippen LogP contribution in [0.3, 0.4) is 0 Å². The first kappa shape index (κ1) is 13.4. The highest BCUT2D eigenvalue weighted by molar-refractivity contribution is 5.81. The third kappa shape index (κ3) is 2.89. The average Bonchev–Trinajstić information content (AvgIpc) is 3.24. The van der Waals surface area contributed by atoms with Crippen molar-refractivity contribution in [1.29, 1.82) is 0 Å². The van der Waals surface area contributed by atoms with Gasteiger partial charge in [-0.05, 0) is 17.2 Å². The van der Waals surface area contributed by atoms with E-state index >= 15 is 0 Å². The van der Waals surface area contributed by atoms with Crippen molar-refractivity contribution in [3.05, 3.63) is 66.5 Å². The Morgan fingerprint density at radius 1 is 1.09 bits per heavy atom. The van der Waals surface area contributed by atoms with Crippen LogP contribution >= 0.6 is 0 Å². The molecule has 0 atom stereocenters. The van der Waals surface area contributed by atoms with E-state index < -0.39 is 0 Å². The fourth-order valence-corrected chi connectivity index (χ4v) is 2.50. The predicted octanol–water partition coefficient (Wildman–Crippen LogP) is 2.21. The molecule has 3 heterocycles. The van der Waals surface area contributed by atoms with Gasteiger partial charge in [-0.1, -0.05) is 24.3 Å². The van der Waals surface area contributed by atoms with Gasteiger partial charge in [0, 0.05) is 18.9 Å². The summed E-state index contributed by atoms with van der Waals surface area (Å²) in [4.78, 5) is 15.6. The van der Waals surface area contributed by atoms with Gasteiger partial charge in [-0.15, -0.1) is 0 Å². The highest BCUT2D eigenvalue weighted by Gasteiger charge is 2.05. The van der Waals surface area contributed by atoms with Gasteiger partial charge in [0.1, 0.15) is 11.8 Å². The molecule has 7 nitrogen and oxygen atoms in total. The van der Waals surface area contributed by atoms with E-state index in [-0.39, 0.29) is 0 Å². The molecule has 7 heteroatoms. The SMILES string of the molecule is c1cc(CNc2ncnc3nc[nH]c23)cc(Cn2cccn2)c1. The largest absolute Gasteiger partial charge is 0.364 e. The first-order chi connectivity index (χ1) is 11.4. The minimum atomic E-state index is 0.662. The predicted molar refractivity (Wildman–Crippen MR) is 86.8 cm³/mol. The molecule has 0 aliphatic carbocycles. The Labute approximate surface area is 132 Å². The summed E-state index contributed by atoms with van der Waals surface area (Å²) in [7, 11) is 0. The lowest BCUT2D eigenvalue weighted by Crippen LogP contribution is -2.04. The molecule has 0 saturated heterocycles. The van der Waals surface area contributed by atoms with Gasteiger partial charge in [-0.3, -0.25) is 4.68 Å². The number of rotatable bonds is 5. The molecule has 0 aliphatic heterocycles. The molecular formula is C16H15N7. The topological polar surface area (TPSA) is 84.3 Å². The van der Waals surface area contributed by atoms with Crippen molar-refractivity contribution in [3.63, 3.8) is 0 Å². The summed E-state index contributed by atoms with van der Waals surface area (Å²) in [6, 6.07) is 10.3. The summed E-state index contributed by atoms with van der Waals surface area (Å²) in [5.74, 6) is 0.755.